The zero-order valence-electron chi connectivity index (χ0n) is 11.0. The van der Waals surface area contributed by atoms with E-state index < -0.39 is 18.6 Å². The minimum absolute atomic E-state index is 0.0916. The highest BCUT2D eigenvalue weighted by Crippen LogP contribution is 2.23. The number of hydrogen-bond acceptors (Lipinski definition) is 4. The largest absolute Gasteiger partial charge is 0.494 e. The normalized spacial score (nSPS) is 11.2. The van der Waals surface area contributed by atoms with E-state index in [9.17, 15) is 18.0 Å². The van der Waals surface area contributed by atoms with Crippen molar-refractivity contribution in [3.8, 4) is 5.75 Å². The predicted molar refractivity (Wildman–Crippen MR) is 67.6 cm³/mol. The number of nitrogen functional groups attached to an aromatic ring is 1. The molecule has 2 N–H and O–H groups in total. The summed E-state index contributed by atoms with van der Waals surface area (Å²) in [5.74, 6) is -0.310. The van der Waals surface area contributed by atoms with Gasteiger partial charge in [-0.2, -0.15) is 13.2 Å². The second-order valence-corrected chi connectivity index (χ2v) is 4.04. The third kappa shape index (κ3) is 5.38. The van der Waals surface area contributed by atoms with Crippen molar-refractivity contribution in [2.24, 2.45) is 0 Å². The van der Waals surface area contributed by atoms with Crippen LogP contribution in [0.15, 0.2) is 18.2 Å². The van der Waals surface area contributed by atoms with Crippen LogP contribution in [-0.4, -0.2) is 25.4 Å². The van der Waals surface area contributed by atoms with Crippen molar-refractivity contribution in [2.75, 3.05) is 18.9 Å². The maximum atomic E-state index is 12.0. The number of carbonyl (C=O) groups excluding carboxylic acids is 1. The molecule has 112 valence electrons. The number of carbonyl (C=O) groups is 1. The molecule has 0 radical (unpaired) electrons. The minimum atomic E-state index is -4.19. The smallest absolute Gasteiger partial charge is 0.389 e. The molecular weight excluding hydrogens is 275 g/mol. The molecule has 0 amide bonds. The molecule has 4 nitrogen and oxygen atoms in total. The van der Waals surface area contributed by atoms with Gasteiger partial charge < -0.3 is 15.2 Å². The molecule has 7 heteroatoms. The standard InChI is InChI=1S/C13H16F3NO3/c1-2-19-12(18)10-8-9(4-5-11(10)17)20-7-3-6-13(14,15)16/h4-5,8H,2-3,6-7,17H2,1H3. The van der Waals surface area contributed by atoms with Gasteiger partial charge in [0.1, 0.15) is 5.75 Å². The summed E-state index contributed by atoms with van der Waals surface area (Å²) >= 11 is 0. The molecule has 0 saturated heterocycles. The first kappa shape index (κ1) is 16.1. The van der Waals surface area contributed by atoms with E-state index >= 15 is 0 Å². The number of benzene rings is 1. The number of ether oxygens (including phenoxy) is 2. The van der Waals surface area contributed by atoms with E-state index in [2.05, 4.69) is 0 Å². The van der Waals surface area contributed by atoms with Crippen LogP contribution in [0.3, 0.4) is 0 Å². The first-order chi connectivity index (χ1) is 9.33. The number of anilines is 1. The first-order valence-electron chi connectivity index (χ1n) is 6.09. The van der Waals surface area contributed by atoms with Gasteiger partial charge in [-0.05, 0) is 31.5 Å². The van der Waals surface area contributed by atoms with Gasteiger partial charge in [-0.1, -0.05) is 0 Å². The summed E-state index contributed by atoms with van der Waals surface area (Å²) in [7, 11) is 0. The fourth-order valence-electron chi connectivity index (χ4n) is 1.47. The van der Waals surface area contributed by atoms with Crippen LogP contribution in [-0.2, 0) is 4.74 Å². The van der Waals surface area contributed by atoms with E-state index in [0.717, 1.165) is 0 Å². The quantitative estimate of drug-likeness (QED) is 0.497. The number of nitrogens with two attached hydrogens (primary N) is 1. The minimum Gasteiger partial charge on any atom is -0.494 e. The molecule has 0 unspecified atom stereocenters. The summed E-state index contributed by atoms with van der Waals surface area (Å²) in [6, 6.07) is 4.30. The maximum absolute atomic E-state index is 12.0. The van der Waals surface area contributed by atoms with Crippen LogP contribution >= 0.6 is 0 Å². The Morgan fingerprint density at radius 1 is 1.35 bits per heavy atom. The van der Waals surface area contributed by atoms with Crippen molar-refractivity contribution in [1.29, 1.82) is 0 Å². The summed E-state index contributed by atoms with van der Waals surface area (Å²) in [6.07, 6.45) is -5.25. The van der Waals surface area contributed by atoms with Gasteiger partial charge >= 0.3 is 12.1 Å². The van der Waals surface area contributed by atoms with Gasteiger partial charge in [-0.25, -0.2) is 4.79 Å². The van der Waals surface area contributed by atoms with Crippen LogP contribution in [0.25, 0.3) is 0 Å². The zero-order chi connectivity index (χ0) is 15.2. The number of alkyl halides is 3. The van der Waals surface area contributed by atoms with Crippen LogP contribution < -0.4 is 10.5 Å². The van der Waals surface area contributed by atoms with Gasteiger partial charge in [0.05, 0.1) is 18.8 Å². The second kappa shape index (κ2) is 7.02. The Morgan fingerprint density at radius 3 is 2.65 bits per heavy atom. The highest BCUT2D eigenvalue weighted by molar-refractivity contribution is 5.95. The molecule has 0 aliphatic rings. The topological polar surface area (TPSA) is 61.5 Å². The van der Waals surface area contributed by atoms with Crippen molar-refractivity contribution >= 4 is 11.7 Å². The molecule has 20 heavy (non-hydrogen) atoms. The molecule has 0 atom stereocenters. The Morgan fingerprint density at radius 2 is 2.05 bits per heavy atom. The number of hydrogen-bond donors (Lipinski definition) is 1. The molecule has 0 aliphatic carbocycles. The summed E-state index contributed by atoms with van der Waals surface area (Å²) < 4.78 is 45.8. The monoisotopic (exact) mass is 291 g/mol. The van der Waals surface area contributed by atoms with Crippen LogP contribution in [0.2, 0.25) is 0 Å². The summed E-state index contributed by atoms with van der Waals surface area (Å²) in [5, 5.41) is 0. The molecule has 0 fully saturated rings. The lowest BCUT2D eigenvalue weighted by Gasteiger charge is -2.10. The molecule has 0 spiro atoms. The lowest BCUT2D eigenvalue weighted by atomic mass is 10.1. The van der Waals surface area contributed by atoms with Gasteiger partial charge in [0.25, 0.3) is 0 Å². The van der Waals surface area contributed by atoms with Crippen LogP contribution in [0.4, 0.5) is 18.9 Å². The first-order valence-corrected chi connectivity index (χ1v) is 6.09. The zero-order valence-corrected chi connectivity index (χ0v) is 11.0. The average molecular weight is 291 g/mol. The highest BCUT2D eigenvalue weighted by atomic mass is 19.4. The molecule has 0 aromatic heterocycles. The molecule has 0 saturated carbocycles. The van der Waals surface area contributed by atoms with Crippen LogP contribution in [0, 0.1) is 0 Å². The van der Waals surface area contributed by atoms with E-state index in [1.165, 1.54) is 18.2 Å². The van der Waals surface area contributed by atoms with Crippen molar-refractivity contribution in [2.45, 2.75) is 25.9 Å². The second-order valence-electron chi connectivity index (χ2n) is 4.04. The van der Waals surface area contributed by atoms with Crippen molar-refractivity contribution < 1.29 is 27.4 Å². The number of rotatable bonds is 6. The Bertz CT molecular complexity index is 461. The third-order valence-electron chi connectivity index (χ3n) is 2.39. The SMILES string of the molecule is CCOC(=O)c1cc(OCCCC(F)(F)F)ccc1N. The van der Waals surface area contributed by atoms with E-state index in [1.54, 1.807) is 6.92 Å². The van der Waals surface area contributed by atoms with Crippen LogP contribution in [0.5, 0.6) is 5.75 Å². The van der Waals surface area contributed by atoms with Gasteiger partial charge in [0.15, 0.2) is 0 Å². The predicted octanol–water partition coefficient (Wildman–Crippen LogP) is 3.17. The highest BCUT2D eigenvalue weighted by Gasteiger charge is 2.26. The number of halogens is 3. The molecule has 0 bridgehead atoms. The van der Waals surface area contributed by atoms with Gasteiger partial charge in [-0.15, -0.1) is 0 Å². The molecule has 1 rings (SSSR count). The van der Waals surface area contributed by atoms with Crippen LogP contribution in [0.1, 0.15) is 30.1 Å². The molecule has 0 heterocycles. The fourth-order valence-corrected chi connectivity index (χ4v) is 1.47. The summed E-state index contributed by atoms with van der Waals surface area (Å²) in [5.41, 5.74) is 5.99. The van der Waals surface area contributed by atoms with Crippen molar-refractivity contribution in [1.82, 2.24) is 0 Å². The Balaban J connectivity index is 2.59. The fraction of sp³-hybridized carbons (Fsp3) is 0.462. The third-order valence-corrected chi connectivity index (χ3v) is 2.39. The Labute approximate surface area is 114 Å². The van der Waals surface area contributed by atoms with E-state index in [4.69, 9.17) is 15.2 Å². The molecule has 0 aliphatic heterocycles. The van der Waals surface area contributed by atoms with Crippen molar-refractivity contribution in [3.63, 3.8) is 0 Å². The Kier molecular flexibility index (Phi) is 5.66. The summed E-state index contributed by atoms with van der Waals surface area (Å²) in [4.78, 5) is 11.6. The molecule has 1 aromatic carbocycles. The Hall–Kier alpha value is -1.92. The van der Waals surface area contributed by atoms with Gasteiger partial charge in [0, 0.05) is 12.1 Å². The number of esters is 1. The molecular formula is C13H16F3NO3. The lowest BCUT2D eigenvalue weighted by molar-refractivity contribution is -0.136. The summed E-state index contributed by atoms with van der Waals surface area (Å²) in [6.45, 7) is 1.77. The average Bonchev–Trinajstić information content (AvgIpc) is 2.35. The van der Waals surface area contributed by atoms with Gasteiger partial charge in [-0.3, -0.25) is 0 Å². The van der Waals surface area contributed by atoms with E-state index in [0.29, 0.717) is 0 Å². The van der Waals surface area contributed by atoms with Crippen molar-refractivity contribution in [3.05, 3.63) is 23.8 Å². The lowest BCUT2D eigenvalue weighted by Crippen LogP contribution is -2.11. The molecule has 1 aromatic rings. The van der Waals surface area contributed by atoms with Gasteiger partial charge in [0.2, 0.25) is 0 Å². The maximum Gasteiger partial charge on any atom is 0.389 e. The van der Waals surface area contributed by atoms with E-state index in [-0.39, 0.29) is 36.6 Å². The van der Waals surface area contributed by atoms with E-state index in [1.807, 2.05) is 0 Å².